The van der Waals surface area contributed by atoms with Crippen LogP contribution >= 0.6 is 0 Å². The van der Waals surface area contributed by atoms with E-state index >= 15 is 0 Å². The molecule has 0 bridgehead atoms. The molecule has 1 saturated carbocycles. The molecular formula is C20H27N3O2. The van der Waals surface area contributed by atoms with E-state index in [4.69, 9.17) is 9.26 Å². The van der Waals surface area contributed by atoms with Crippen molar-refractivity contribution in [3.63, 3.8) is 0 Å². The van der Waals surface area contributed by atoms with E-state index in [0.717, 1.165) is 29.6 Å². The summed E-state index contributed by atoms with van der Waals surface area (Å²) in [4.78, 5) is 7.31. The molecule has 1 aliphatic heterocycles. The van der Waals surface area contributed by atoms with Crippen molar-refractivity contribution in [2.45, 2.75) is 51.0 Å². The molecule has 134 valence electrons. The smallest absolute Gasteiger partial charge is 0.257 e. The van der Waals surface area contributed by atoms with Crippen LogP contribution in [0.1, 0.15) is 44.3 Å². The molecule has 0 unspecified atom stereocenters. The highest BCUT2D eigenvalue weighted by molar-refractivity contribution is 5.54. The largest absolute Gasteiger partial charge is 0.497 e. The normalized spacial score (nSPS) is 20.2. The molecule has 5 heteroatoms. The summed E-state index contributed by atoms with van der Waals surface area (Å²) >= 11 is 0. The second-order valence-corrected chi connectivity index (χ2v) is 7.37. The Kier molecular flexibility index (Phi) is 5.02. The van der Waals surface area contributed by atoms with Crippen LogP contribution in [0.2, 0.25) is 0 Å². The van der Waals surface area contributed by atoms with Crippen molar-refractivity contribution in [1.29, 1.82) is 0 Å². The van der Waals surface area contributed by atoms with Crippen molar-refractivity contribution in [3.8, 4) is 17.2 Å². The Morgan fingerprint density at radius 2 is 1.80 bits per heavy atom. The molecule has 25 heavy (non-hydrogen) atoms. The lowest BCUT2D eigenvalue weighted by Gasteiger charge is -2.35. The highest BCUT2D eigenvalue weighted by atomic mass is 16.5. The van der Waals surface area contributed by atoms with E-state index in [1.165, 1.54) is 51.6 Å². The quantitative estimate of drug-likeness (QED) is 0.824. The van der Waals surface area contributed by atoms with Crippen LogP contribution < -0.4 is 4.74 Å². The molecule has 0 radical (unpaired) electrons. The van der Waals surface area contributed by atoms with E-state index < -0.39 is 0 Å². The van der Waals surface area contributed by atoms with Gasteiger partial charge in [0.05, 0.1) is 7.11 Å². The van der Waals surface area contributed by atoms with Crippen molar-refractivity contribution in [2.24, 2.45) is 5.92 Å². The van der Waals surface area contributed by atoms with Crippen LogP contribution in [0.5, 0.6) is 5.75 Å². The number of aromatic nitrogens is 2. The minimum atomic E-state index is 0.598. The van der Waals surface area contributed by atoms with Gasteiger partial charge in [0.1, 0.15) is 5.75 Å². The Bertz CT molecular complexity index is 669. The topological polar surface area (TPSA) is 51.4 Å². The molecule has 2 heterocycles. The number of likely N-dealkylation sites (tertiary alicyclic amines) is 1. The van der Waals surface area contributed by atoms with E-state index in [2.05, 4.69) is 15.0 Å². The summed E-state index contributed by atoms with van der Waals surface area (Å²) in [7, 11) is 1.66. The number of methoxy groups -OCH3 is 1. The molecule has 1 aromatic carbocycles. The first-order valence-corrected chi connectivity index (χ1v) is 9.53. The summed E-state index contributed by atoms with van der Waals surface area (Å²) in [5.41, 5.74) is 0.940. The Morgan fingerprint density at radius 3 is 2.48 bits per heavy atom. The lowest BCUT2D eigenvalue weighted by molar-refractivity contribution is 0.133. The molecule has 5 nitrogen and oxygen atoms in total. The zero-order valence-electron chi connectivity index (χ0n) is 15.0. The van der Waals surface area contributed by atoms with Gasteiger partial charge in [0.2, 0.25) is 0 Å². The van der Waals surface area contributed by atoms with Crippen LogP contribution in [-0.2, 0) is 6.42 Å². The van der Waals surface area contributed by atoms with E-state index in [0.29, 0.717) is 11.8 Å². The lowest BCUT2D eigenvalue weighted by atomic mass is 9.92. The Morgan fingerprint density at radius 1 is 1.08 bits per heavy atom. The van der Waals surface area contributed by atoms with Crippen LogP contribution in [0.25, 0.3) is 11.5 Å². The molecule has 2 aromatic rings. The summed E-state index contributed by atoms with van der Waals surface area (Å²) in [5, 5.41) is 4.19. The number of benzene rings is 1. The monoisotopic (exact) mass is 341 g/mol. The predicted octanol–water partition coefficient (Wildman–Crippen LogP) is 3.94. The van der Waals surface area contributed by atoms with Gasteiger partial charge in [0, 0.05) is 18.0 Å². The molecule has 4 rings (SSSR count). The average molecular weight is 341 g/mol. The van der Waals surface area contributed by atoms with Crippen LogP contribution in [0, 0.1) is 5.92 Å². The summed E-state index contributed by atoms with van der Waals surface area (Å²) in [6.07, 6.45) is 9.08. The number of ether oxygens (including phenoxy) is 1. The van der Waals surface area contributed by atoms with E-state index in [-0.39, 0.29) is 0 Å². The first kappa shape index (κ1) is 16.6. The molecule has 0 amide bonds. The Balaban J connectivity index is 1.32. The molecule has 0 atom stereocenters. The molecule has 1 aliphatic carbocycles. The summed E-state index contributed by atoms with van der Waals surface area (Å²) in [6.45, 7) is 2.47. The van der Waals surface area contributed by atoms with Gasteiger partial charge >= 0.3 is 0 Å². The zero-order chi connectivity index (χ0) is 17.1. The second-order valence-electron chi connectivity index (χ2n) is 7.37. The van der Waals surface area contributed by atoms with Crippen molar-refractivity contribution in [1.82, 2.24) is 15.0 Å². The van der Waals surface area contributed by atoms with Crippen molar-refractivity contribution in [3.05, 3.63) is 30.1 Å². The molecule has 1 aromatic heterocycles. The van der Waals surface area contributed by atoms with Crippen molar-refractivity contribution >= 4 is 0 Å². The minimum Gasteiger partial charge on any atom is -0.497 e. The summed E-state index contributed by atoms with van der Waals surface area (Å²) in [5.74, 6) is 2.95. The zero-order valence-corrected chi connectivity index (χ0v) is 15.0. The van der Waals surface area contributed by atoms with Gasteiger partial charge in [0.15, 0.2) is 5.82 Å². The van der Waals surface area contributed by atoms with E-state index in [9.17, 15) is 0 Å². The number of piperidine rings is 1. The van der Waals surface area contributed by atoms with Gasteiger partial charge in [-0.05, 0) is 69.0 Å². The highest BCUT2D eigenvalue weighted by Crippen LogP contribution is 2.29. The number of rotatable bonds is 5. The maximum Gasteiger partial charge on any atom is 0.257 e. The molecule has 1 saturated heterocycles. The van der Waals surface area contributed by atoms with E-state index in [1.54, 1.807) is 7.11 Å². The lowest BCUT2D eigenvalue weighted by Crippen LogP contribution is -2.40. The van der Waals surface area contributed by atoms with Crippen molar-refractivity contribution in [2.75, 3.05) is 20.2 Å². The van der Waals surface area contributed by atoms with Gasteiger partial charge in [-0.1, -0.05) is 18.0 Å². The van der Waals surface area contributed by atoms with Gasteiger partial charge < -0.3 is 14.2 Å². The summed E-state index contributed by atoms with van der Waals surface area (Å²) in [6, 6.07) is 8.59. The first-order chi connectivity index (χ1) is 12.3. The van der Waals surface area contributed by atoms with Crippen LogP contribution in [-0.4, -0.2) is 41.3 Å². The molecule has 0 spiro atoms. The van der Waals surface area contributed by atoms with E-state index in [1.807, 2.05) is 24.3 Å². The minimum absolute atomic E-state index is 0.598. The average Bonchev–Trinajstić information content (AvgIpc) is 3.35. The van der Waals surface area contributed by atoms with Crippen LogP contribution in [0.15, 0.2) is 28.8 Å². The van der Waals surface area contributed by atoms with Crippen LogP contribution in [0.3, 0.4) is 0 Å². The third-order valence-corrected chi connectivity index (χ3v) is 5.77. The second kappa shape index (κ2) is 7.56. The van der Waals surface area contributed by atoms with Crippen LogP contribution in [0.4, 0.5) is 0 Å². The van der Waals surface area contributed by atoms with Gasteiger partial charge in [-0.3, -0.25) is 0 Å². The molecule has 0 N–H and O–H groups in total. The van der Waals surface area contributed by atoms with Gasteiger partial charge in [0.25, 0.3) is 5.89 Å². The Hall–Kier alpha value is -1.88. The maximum atomic E-state index is 5.46. The Labute approximate surface area is 149 Å². The van der Waals surface area contributed by atoms with Gasteiger partial charge in [-0.2, -0.15) is 4.98 Å². The SMILES string of the molecule is COc1ccc(-c2nc(CC3CCN(C4CCCC4)CC3)no2)cc1. The van der Waals surface area contributed by atoms with Gasteiger partial charge in [-0.15, -0.1) is 0 Å². The molecular weight excluding hydrogens is 314 g/mol. The molecule has 2 aliphatic rings. The first-order valence-electron chi connectivity index (χ1n) is 9.53. The van der Waals surface area contributed by atoms with Gasteiger partial charge in [-0.25, -0.2) is 0 Å². The third-order valence-electron chi connectivity index (χ3n) is 5.77. The fraction of sp³-hybridized carbons (Fsp3) is 0.600. The number of nitrogens with zero attached hydrogens (tertiary/aromatic N) is 3. The maximum absolute atomic E-state index is 5.46. The number of hydrogen-bond donors (Lipinski definition) is 0. The summed E-state index contributed by atoms with van der Waals surface area (Å²) < 4.78 is 10.6. The fourth-order valence-corrected chi connectivity index (χ4v) is 4.24. The van der Waals surface area contributed by atoms with Crippen molar-refractivity contribution < 1.29 is 9.26 Å². The fourth-order valence-electron chi connectivity index (χ4n) is 4.24. The number of hydrogen-bond acceptors (Lipinski definition) is 5. The standard InChI is InChI=1S/C20H27N3O2/c1-24-18-8-6-16(7-9-18)20-21-19(22-25-20)14-15-10-12-23(13-11-15)17-4-2-3-5-17/h6-9,15,17H,2-5,10-14H2,1H3. The molecule has 2 fully saturated rings. The highest BCUT2D eigenvalue weighted by Gasteiger charge is 2.27. The predicted molar refractivity (Wildman–Crippen MR) is 96.5 cm³/mol. The third kappa shape index (κ3) is 3.87.